The molecule has 2 rings (SSSR count). The molecule has 0 atom stereocenters. The van der Waals surface area contributed by atoms with E-state index < -0.39 is 0 Å². The summed E-state index contributed by atoms with van der Waals surface area (Å²) in [5, 5.41) is 0. The average Bonchev–Trinajstić information content (AvgIpc) is 2.49. The number of benzene rings is 2. The second-order valence-corrected chi connectivity index (χ2v) is 6.18. The van der Waals surface area contributed by atoms with E-state index in [1.165, 1.54) is 23.1 Å². The van der Waals surface area contributed by atoms with Gasteiger partial charge in [-0.2, -0.15) is 0 Å². The van der Waals surface area contributed by atoms with E-state index in [-0.39, 0.29) is 0 Å². The van der Waals surface area contributed by atoms with Gasteiger partial charge in [0, 0.05) is 10.0 Å². The van der Waals surface area contributed by atoms with Crippen molar-refractivity contribution in [2.24, 2.45) is 0 Å². The zero-order valence-electron chi connectivity index (χ0n) is 12.9. The molecule has 0 fully saturated rings. The van der Waals surface area contributed by atoms with E-state index in [9.17, 15) is 0 Å². The summed E-state index contributed by atoms with van der Waals surface area (Å²) in [7, 11) is 0. The standard InChI is InChI=1S/C19H23BrO/c1-3-7-15-11-12-19(16(13-15)8-4-2)21-14-17-9-5-6-10-18(17)20/h5-6,9-13H,3-4,7-8,14H2,1-2H3. The lowest BCUT2D eigenvalue weighted by molar-refractivity contribution is 0.302. The quantitative estimate of drug-likeness (QED) is 0.603. The number of halogens is 1. The molecule has 0 amide bonds. The minimum atomic E-state index is 0.602. The van der Waals surface area contributed by atoms with Crippen LogP contribution in [0, 0.1) is 0 Å². The van der Waals surface area contributed by atoms with Gasteiger partial charge in [0.15, 0.2) is 0 Å². The van der Waals surface area contributed by atoms with E-state index in [0.717, 1.165) is 29.5 Å². The van der Waals surface area contributed by atoms with Crippen LogP contribution in [0.1, 0.15) is 43.4 Å². The highest BCUT2D eigenvalue weighted by Gasteiger charge is 2.06. The summed E-state index contributed by atoms with van der Waals surface area (Å²) in [6, 6.07) is 14.8. The Morgan fingerprint density at radius 1 is 0.905 bits per heavy atom. The molecule has 21 heavy (non-hydrogen) atoms. The van der Waals surface area contributed by atoms with Gasteiger partial charge in [0.2, 0.25) is 0 Å². The van der Waals surface area contributed by atoms with Crippen molar-refractivity contribution < 1.29 is 4.74 Å². The van der Waals surface area contributed by atoms with Crippen LogP contribution in [0.3, 0.4) is 0 Å². The third kappa shape index (κ3) is 4.60. The Hall–Kier alpha value is -1.28. The normalized spacial score (nSPS) is 10.6. The summed E-state index contributed by atoms with van der Waals surface area (Å²) in [6.45, 7) is 5.03. The molecule has 0 saturated carbocycles. The molecule has 0 radical (unpaired) electrons. The molecule has 0 N–H and O–H groups in total. The van der Waals surface area contributed by atoms with Crippen LogP contribution in [0.25, 0.3) is 0 Å². The largest absolute Gasteiger partial charge is 0.489 e. The van der Waals surface area contributed by atoms with Gasteiger partial charge in [-0.25, -0.2) is 0 Å². The number of aryl methyl sites for hydroxylation is 2. The van der Waals surface area contributed by atoms with Crippen LogP contribution < -0.4 is 4.74 Å². The molecule has 0 heterocycles. The van der Waals surface area contributed by atoms with E-state index in [2.05, 4.69) is 60.1 Å². The van der Waals surface area contributed by atoms with Gasteiger partial charge in [0.1, 0.15) is 12.4 Å². The first-order valence-electron chi connectivity index (χ1n) is 7.72. The monoisotopic (exact) mass is 346 g/mol. The molecular weight excluding hydrogens is 324 g/mol. The summed E-state index contributed by atoms with van der Waals surface area (Å²) >= 11 is 3.57. The van der Waals surface area contributed by atoms with Crippen LogP contribution in [0.5, 0.6) is 5.75 Å². The van der Waals surface area contributed by atoms with Crippen molar-refractivity contribution in [1.82, 2.24) is 0 Å². The smallest absolute Gasteiger partial charge is 0.123 e. The number of hydrogen-bond donors (Lipinski definition) is 0. The molecule has 0 aliphatic carbocycles. The van der Waals surface area contributed by atoms with Crippen molar-refractivity contribution in [3.05, 3.63) is 63.6 Å². The lowest BCUT2D eigenvalue weighted by Gasteiger charge is -2.13. The summed E-state index contributed by atoms with van der Waals surface area (Å²) < 4.78 is 7.16. The summed E-state index contributed by atoms with van der Waals surface area (Å²) in [5.41, 5.74) is 3.92. The highest BCUT2D eigenvalue weighted by Crippen LogP contribution is 2.25. The van der Waals surface area contributed by atoms with Crippen molar-refractivity contribution >= 4 is 15.9 Å². The Balaban J connectivity index is 2.13. The van der Waals surface area contributed by atoms with Crippen LogP contribution in [0.15, 0.2) is 46.9 Å². The van der Waals surface area contributed by atoms with Crippen LogP contribution in [0.4, 0.5) is 0 Å². The van der Waals surface area contributed by atoms with Gasteiger partial charge >= 0.3 is 0 Å². The Kier molecular flexibility index (Phi) is 6.31. The minimum absolute atomic E-state index is 0.602. The van der Waals surface area contributed by atoms with Gasteiger partial charge < -0.3 is 4.74 Å². The zero-order valence-corrected chi connectivity index (χ0v) is 14.4. The zero-order chi connectivity index (χ0) is 15.1. The molecule has 0 unspecified atom stereocenters. The summed E-state index contributed by atoms with van der Waals surface area (Å²) in [4.78, 5) is 0. The minimum Gasteiger partial charge on any atom is -0.489 e. The first-order valence-corrected chi connectivity index (χ1v) is 8.52. The molecule has 0 aliphatic rings. The third-order valence-electron chi connectivity index (χ3n) is 3.52. The predicted molar refractivity (Wildman–Crippen MR) is 92.9 cm³/mol. The van der Waals surface area contributed by atoms with Gasteiger partial charge in [-0.3, -0.25) is 0 Å². The van der Waals surface area contributed by atoms with E-state index in [1.807, 2.05) is 12.1 Å². The van der Waals surface area contributed by atoms with E-state index in [0.29, 0.717) is 6.61 Å². The Morgan fingerprint density at radius 2 is 1.67 bits per heavy atom. The molecule has 0 aliphatic heterocycles. The highest BCUT2D eigenvalue weighted by atomic mass is 79.9. The third-order valence-corrected chi connectivity index (χ3v) is 4.30. The Morgan fingerprint density at radius 3 is 2.38 bits per heavy atom. The van der Waals surface area contributed by atoms with Gasteiger partial charge in [-0.1, -0.05) is 73.0 Å². The maximum atomic E-state index is 6.06. The average molecular weight is 347 g/mol. The number of hydrogen-bond acceptors (Lipinski definition) is 1. The molecule has 0 aromatic heterocycles. The van der Waals surface area contributed by atoms with Crippen molar-refractivity contribution in [2.75, 3.05) is 0 Å². The van der Waals surface area contributed by atoms with Crippen molar-refractivity contribution in [3.8, 4) is 5.75 Å². The molecule has 0 bridgehead atoms. The van der Waals surface area contributed by atoms with Gasteiger partial charge in [-0.15, -0.1) is 0 Å². The molecule has 0 spiro atoms. The fourth-order valence-corrected chi connectivity index (χ4v) is 2.85. The van der Waals surface area contributed by atoms with Crippen LogP contribution in [0.2, 0.25) is 0 Å². The molecule has 0 saturated heterocycles. The van der Waals surface area contributed by atoms with E-state index >= 15 is 0 Å². The fourth-order valence-electron chi connectivity index (χ4n) is 2.45. The second-order valence-electron chi connectivity index (χ2n) is 5.32. The molecule has 112 valence electrons. The topological polar surface area (TPSA) is 9.23 Å². The van der Waals surface area contributed by atoms with Crippen molar-refractivity contribution in [1.29, 1.82) is 0 Å². The maximum absolute atomic E-state index is 6.06. The van der Waals surface area contributed by atoms with E-state index in [4.69, 9.17) is 4.74 Å². The van der Waals surface area contributed by atoms with Gasteiger partial charge in [0.05, 0.1) is 0 Å². The predicted octanol–water partition coefficient (Wildman–Crippen LogP) is 5.93. The second kappa shape index (κ2) is 8.23. The van der Waals surface area contributed by atoms with Crippen LogP contribution in [-0.2, 0) is 19.4 Å². The van der Waals surface area contributed by atoms with Crippen molar-refractivity contribution in [2.45, 2.75) is 46.1 Å². The van der Waals surface area contributed by atoms with Gasteiger partial charge in [0.25, 0.3) is 0 Å². The summed E-state index contributed by atoms with van der Waals surface area (Å²) in [5.74, 6) is 1.02. The van der Waals surface area contributed by atoms with Crippen molar-refractivity contribution in [3.63, 3.8) is 0 Å². The first-order chi connectivity index (χ1) is 10.2. The summed E-state index contributed by atoms with van der Waals surface area (Å²) in [6.07, 6.45) is 4.54. The number of rotatable bonds is 7. The lowest BCUT2D eigenvalue weighted by atomic mass is 10.0. The molecule has 2 heteroatoms. The number of ether oxygens (including phenoxy) is 1. The fraction of sp³-hybridized carbons (Fsp3) is 0.368. The highest BCUT2D eigenvalue weighted by molar-refractivity contribution is 9.10. The molecule has 1 nitrogen and oxygen atoms in total. The molecule has 2 aromatic rings. The maximum Gasteiger partial charge on any atom is 0.123 e. The Labute approximate surface area is 136 Å². The lowest BCUT2D eigenvalue weighted by Crippen LogP contribution is -2.00. The van der Waals surface area contributed by atoms with Crippen LogP contribution in [-0.4, -0.2) is 0 Å². The van der Waals surface area contributed by atoms with E-state index in [1.54, 1.807) is 0 Å². The van der Waals surface area contributed by atoms with Gasteiger partial charge in [-0.05, 0) is 36.1 Å². The van der Waals surface area contributed by atoms with Crippen LogP contribution >= 0.6 is 15.9 Å². The molecule has 2 aromatic carbocycles. The SMILES string of the molecule is CCCc1ccc(OCc2ccccc2Br)c(CCC)c1. The Bertz CT molecular complexity index is 578. The first kappa shape index (κ1) is 16.1. The molecular formula is C19H23BrO.